The number of nitrogens with one attached hydrogen (secondary N) is 2. The second kappa shape index (κ2) is 8.57. The Morgan fingerprint density at radius 2 is 1.65 bits per heavy atom. The van der Waals surface area contributed by atoms with Gasteiger partial charge in [-0.1, -0.05) is 6.07 Å². The predicted octanol–water partition coefficient (Wildman–Crippen LogP) is 2.53. The number of benzene rings is 2. The number of aromatic hydroxyl groups is 1. The molecular weight excluding hydrogens is 336 g/mol. The molecule has 2 rings (SSSR count). The summed E-state index contributed by atoms with van der Waals surface area (Å²) in [5.41, 5.74) is 1.20. The second-order valence-corrected chi connectivity index (χ2v) is 5.35. The van der Waals surface area contributed by atoms with E-state index in [1.807, 2.05) is 0 Å². The van der Waals surface area contributed by atoms with Gasteiger partial charge in [0.15, 0.2) is 11.5 Å². The molecule has 0 aliphatic carbocycles. The van der Waals surface area contributed by atoms with Gasteiger partial charge in [-0.2, -0.15) is 0 Å². The monoisotopic (exact) mass is 356 g/mol. The molecule has 2 aromatic rings. The zero-order valence-corrected chi connectivity index (χ0v) is 14.7. The van der Waals surface area contributed by atoms with Gasteiger partial charge in [-0.3, -0.25) is 9.59 Å². The third kappa shape index (κ3) is 5.01. The van der Waals surface area contributed by atoms with Crippen LogP contribution in [-0.4, -0.2) is 31.1 Å². The van der Waals surface area contributed by atoms with Crippen LogP contribution in [0.2, 0.25) is 0 Å². The number of anilines is 1. The van der Waals surface area contributed by atoms with E-state index in [1.165, 1.54) is 39.4 Å². The van der Waals surface area contributed by atoms with E-state index in [9.17, 15) is 14.7 Å². The predicted molar refractivity (Wildman–Crippen MR) is 98.1 cm³/mol. The van der Waals surface area contributed by atoms with E-state index in [0.717, 1.165) is 0 Å². The molecule has 0 heterocycles. The highest BCUT2D eigenvalue weighted by Crippen LogP contribution is 2.28. The Morgan fingerprint density at radius 1 is 1.00 bits per heavy atom. The van der Waals surface area contributed by atoms with Gasteiger partial charge in [0.25, 0.3) is 5.91 Å². The lowest BCUT2D eigenvalue weighted by Crippen LogP contribution is -2.28. The van der Waals surface area contributed by atoms with Crippen molar-refractivity contribution in [3.05, 3.63) is 53.7 Å². The molecule has 0 aliphatic rings. The SMILES string of the molecule is COc1ccc(/C=C(/NC(C)=O)C(=O)Nc2ccc(O)cc2)cc1OC. The largest absolute Gasteiger partial charge is 0.508 e. The fourth-order valence-electron chi connectivity index (χ4n) is 2.20. The van der Waals surface area contributed by atoms with Crippen molar-refractivity contribution < 1.29 is 24.2 Å². The molecule has 2 amide bonds. The first-order chi connectivity index (χ1) is 12.4. The third-order valence-corrected chi connectivity index (χ3v) is 3.40. The first kappa shape index (κ1) is 18.9. The van der Waals surface area contributed by atoms with Gasteiger partial charge in [-0.15, -0.1) is 0 Å². The molecule has 0 saturated heterocycles. The molecule has 0 fully saturated rings. The van der Waals surface area contributed by atoms with Crippen molar-refractivity contribution in [2.45, 2.75) is 6.92 Å². The lowest BCUT2D eigenvalue weighted by atomic mass is 10.1. The summed E-state index contributed by atoms with van der Waals surface area (Å²) in [5, 5.41) is 14.5. The Labute approximate surface area is 151 Å². The highest BCUT2D eigenvalue weighted by Gasteiger charge is 2.13. The van der Waals surface area contributed by atoms with E-state index in [1.54, 1.807) is 30.3 Å². The minimum atomic E-state index is -0.499. The maximum Gasteiger partial charge on any atom is 0.272 e. The number of methoxy groups -OCH3 is 2. The molecule has 7 heteroatoms. The topological polar surface area (TPSA) is 96.9 Å². The van der Waals surface area contributed by atoms with Gasteiger partial charge in [-0.05, 0) is 48.0 Å². The molecule has 0 saturated carbocycles. The van der Waals surface area contributed by atoms with E-state index >= 15 is 0 Å². The number of ether oxygens (including phenoxy) is 2. The maximum absolute atomic E-state index is 12.5. The number of hydrogen-bond donors (Lipinski definition) is 3. The van der Waals surface area contributed by atoms with E-state index in [4.69, 9.17) is 9.47 Å². The van der Waals surface area contributed by atoms with Gasteiger partial charge in [0, 0.05) is 12.6 Å². The molecule has 2 aromatic carbocycles. The quantitative estimate of drug-likeness (QED) is 0.546. The van der Waals surface area contributed by atoms with Crippen LogP contribution in [0.15, 0.2) is 48.2 Å². The summed E-state index contributed by atoms with van der Waals surface area (Å²) < 4.78 is 10.4. The highest BCUT2D eigenvalue weighted by molar-refractivity contribution is 6.08. The molecule has 136 valence electrons. The standard InChI is InChI=1S/C19H20N2O5/c1-12(22)20-16(19(24)21-14-5-7-15(23)8-6-14)10-13-4-9-17(25-2)18(11-13)26-3/h4-11,23H,1-3H3,(H,20,22)(H,21,24)/b16-10+. The van der Waals surface area contributed by atoms with Crippen LogP contribution in [0.5, 0.6) is 17.2 Å². The molecule has 0 atom stereocenters. The molecule has 0 spiro atoms. The van der Waals surface area contributed by atoms with E-state index in [-0.39, 0.29) is 17.4 Å². The zero-order valence-electron chi connectivity index (χ0n) is 14.7. The minimum Gasteiger partial charge on any atom is -0.508 e. The fraction of sp³-hybridized carbons (Fsp3) is 0.158. The number of carbonyl (C=O) groups excluding carboxylic acids is 2. The van der Waals surface area contributed by atoms with Crippen LogP contribution in [0, 0.1) is 0 Å². The van der Waals surface area contributed by atoms with Crippen molar-refractivity contribution in [1.82, 2.24) is 5.32 Å². The van der Waals surface area contributed by atoms with Crippen LogP contribution < -0.4 is 20.1 Å². The molecule has 0 aromatic heterocycles. The first-order valence-corrected chi connectivity index (χ1v) is 7.74. The molecule has 0 bridgehead atoms. The lowest BCUT2D eigenvalue weighted by Gasteiger charge is -2.11. The highest BCUT2D eigenvalue weighted by atomic mass is 16.5. The van der Waals surface area contributed by atoms with Crippen molar-refractivity contribution in [2.75, 3.05) is 19.5 Å². The summed E-state index contributed by atoms with van der Waals surface area (Å²) >= 11 is 0. The zero-order chi connectivity index (χ0) is 19.1. The minimum absolute atomic E-state index is 0.0674. The molecule has 26 heavy (non-hydrogen) atoms. The number of phenols is 1. The Morgan fingerprint density at radius 3 is 2.23 bits per heavy atom. The Balaban J connectivity index is 2.30. The van der Waals surface area contributed by atoms with E-state index in [2.05, 4.69) is 10.6 Å². The molecule has 3 N–H and O–H groups in total. The summed E-state index contributed by atoms with van der Waals surface area (Å²) in [7, 11) is 3.04. The van der Waals surface area contributed by atoms with Gasteiger partial charge in [-0.25, -0.2) is 0 Å². The second-order valence-electron chi connectivity index (χ2n) is 5.35. The molecule has 0 aliphatic heterocycles. The maximum atomic E-state index is 12.5. The first-order valence-electron chi connectivity index (χ1n) is 7.74. The van der Waals surface area contributed by atoms with Crippen LogP contribution in [0.25, 0.3) is 6.08 Å². The molecule has 0 unspecified atom stereocenters. The van der Waals surface area contributed by atoms with Crippen molar-refractivity contribution in [1.29, 1.82) is 0 Å². The van der Waals surface area contributed by atoms with Gasteiger partial charge in [0.1, 0.15) is 11.4 Å². The van der Waals surface area contributed by atoms with Crippen molar-refractivity contribution in [3.63, 3.8) is 0 Å². The van der Waals surface area contributed by atoms with Gasteiger partial charge < -0.3 is 25.2 Å². The van der Waals surface area contributed by atoms with Crippen LogP contribution in [0.4, 0.5) is 5.69 Å². The number of hydrogen-bond acceptors (Lipinski definition) is 5. The summed E-state index contributed by atoms with van der Waals surface area (Å²) in [6, 6.07) is 11.1. The molecule has 0 radical (unpaired) electrons. The summed E-state index contributed by atoms with van der Waals surface area (Å²) in [5.74, 6) is 0.269. The number of carbonyl (C=O) groups is 2. The van der Waals surface area contributed by atoms with Crippen LogP contribution in [0.1, 0.15) is 12.5 Å². The third-order valence-electron chi connectivity index (χ3n) is 3.40. The Kier molecular flexibility index (Phi) is 6.21. The van der Waals surface area contributed by atoms with Gasteiger partial charge in [0.2, 0.25) is 5.91 Å². The molecule has 7 nitrogen and oxygen atoms in total. The van der Waals surface area contributed by atoms with Gasteiger partial charge >= 0.3 is 0 Å². The van der Waals surface area contributed by atoms with Crippen molar-refractivity contribution in [2.24, 2.45) is 0 Å². The van der Waals surface area contributed by atoms with Crippen LogP contribution >= 0.6 is 0 Å². The Hall–Kier alpha value is -3.48. The normalized spacial score (nSPS) is 10.8. The van der Waals surface area contributed by atoms with Crippen LogP contribution in [0.3, 0.4) is 0 Å². The van der Waals surface area contributed by atoms with E-state index < -0.39 is 5.91 Å². The summed E-state index contributed by atoms with van der Waals surface area (Å²) in [6.45, 7) is 1.32. The average molecular weight is 356 g/mol. The summed E-state index contributed by atoms with van der Waals surface area (Å²) in [6.07, 6.45) is 1.53. The van der Waals surface area contributed by atoms with Gasteiger partial charge in [0.05, 0.1) is 14.2 Å². The van der Waals surface area contributed by atoms with E-state index in [0.29, 0.717) is 22.7 Å². The number of rotatable bonds is 6. The lowest BCUT2D eigenvalue weighted by molar-refractivity contribution is -0.120. The molecular formula is C19H20N2O5. The summed E-state index contributed by atoms with van der Waals surface area (Å²) in [4.78, 5) is 24.0. The van der Waals surface area contributed by atoms with Crippen molar-refractivity contribution in [3.8, 4) is 17.2 Å². The number of amides is 2. The van der Waals surface area contributed by atoms with Crippen molar-refractivity contribution >= 4 is 23.6 Å². The van der Waals surface area contributed by atoms with Crippen LogP contribution in [-0.2, 0) is 9.59 Å². The Bertz CT molecular complexity index is 828. The smallest absolute Gasteiger partial charge is 0.272 e. The number of phenolic OH excluding ortho intramolecular Hbond substituents is 1. The fourth-order valence-corrected chi connectivity index (χ4v) is 2.20. The average Bonchev–Trinajstić information content (AvgIpc) is 2.62.